The van der Waals surface area contributed by atoms with Gasteiger partial charge in [0.05, 0.1) is 6.10 Å². The average molecular weight is 320 g/mol. The maximum atomic E-state index is 12.0. The summed E-state index contributed by atoms with van der Waals surface area (Å²) in [5.74, 6) is 5.76. The van der Waals surface area contributed by atoms with Crippen LogP contribution < -0.4 is 0 Å². The van der Waals surface area contributed by atoms with Crippen LogP contribution >= 0.6 is 0 Å². The van der Waals surface area contributed by atoms with Gasteiger partial charge in [-0.3, -0.25) is 9.59 Å². The Morgan fingerprint density at radius 3 is 2.87 bits per heavy atom. The number of hydrogen-bond donors (Lipinski definition) is 2. The van der Waals surface area contributed by atoms with E-state index in [-0.39, 0.29) is 24.0 Å². The number of carboxylic acids is 1. The van der Waals surface area contributed by atoms with Gasteiger partial charge in [0.25, 0.3) is 0 Å². The summed E-state index contributed by atoms with van der Waals surface area (Å²) in [5.41, 5.74) is 0. The number of ketones is 1. The van der Waals surface area contributed by atoms with E-state index in [2.05, 4.69) is 11.8 Å². The van der Waals surface area contributed by atoms with Crippen molar-refractivity contribution in [1.82, 2.24) is 0 Å². The van der Waals surface area contributed by atoms with Crippen LogP contribution in [0.5, 0.6) is 0 Å². The van der Waals surface area contributed by atoms with Crippen molar-refractivity contribution in [3.05, 3.63) is 12.2 Å². The standard InChI is InChI=1S/C19H28O4/c1-2-8-16(20)13-11-15-12-14-18(21)17(15)9-6-4-3-5-7-10-19(22)23/h11,13,15-17,20H,2-3,5,7-10,12,14H2,1H3,(H,22,23)/b13-11+. The smallest absolute Gasteiger partial charge is 0.303 e. The van der Waals surface area contributed by atoms with Gasteiger partial charge in [0.2, 0.25) is 0 Å². The van der Waals surface area contributed by atoms with E-state index in [1.807, 2.05) is 19.1 Å². The molecule has 1 saturated carbocycles. The fourth-order valence-electron chi connectivity index (χ4n) is 2.85. The highest BCUT2D eigenvalue weighted by Crippen LogP contribution is 2.32. The molecule has 3 unspecified atom stereocenters. The SMILES string of the molecule is CCCC(O)/C=C/C1CCC(=O)C1CC#CCCCCC(=O)O. The number of aliphatic carboxylic acids is 1. The Morgan fingerprint density at radius 2 is 2.17 bits per heavy atom. The minimum Gasteiger partial charge on any atom is -0.481 e. The molecule has 1 aliphatic carbocycles. The minimum absolute atomic E-state index is 0.0494. The number of aliphatic hydroxyl groups excluding tert-OH is 1. The first kappa shape index (κ1) is 19.4. The van der Waals surface area contributed by atoms with E-state index in [9.17, 15) is 14.7 Å². The molecule has 2 N–H and O–H groups in total. The summed E-state index contributed by atoms with van der Waals surface area (Å²) in [6.45, 7) is 2.03. The highest BCUT2D eigenvalue weighted by Gasteiger charge is 2.32. The van der Waals surface area contributed by atoms with Crippen LogP contribution in [-0.4, -0.2) is 28.1 Å². The average Bonchev–Trinajstić information content (AvgIpc) is 2.85. The highest BCUT2D eigenvalue weighted by molar-refractivity contribution is 5.84. The number of unbranched alkanes of at least 4 members (excludes halogenated alkanes) is 2. The van der Waals surface area contributed by atoms with Crippen LogP contribution in [0.3, 0.4) is 0 Å². The van der Waals surface area contributed by atoms with E-state index in [0.717, 1.165) is 25.7 Å². The number of carboxylic acid groups (broad SMARTS) is 1. The molecule has 0 aromatic carbocycles. The Bertz CT molecular complexity index is 469. The first-order chi connectivity index (χ1) is 11.0. The molecule has 0 saturated heterocycles. The summed E-state index contributed by atoms with van der Waals surface area (Å²) in [6.07, 6.45) is 9.39. The first-order valence-corrected chi connectivity index (χ1v) is 8.61. The van der Waals surface area contributed by atoms with Gasteiger partial charge in [-0.15, -0.1) is 11.8 Å². The number of Topliss-reactive ketones (excluding diaryl/α,β-unsaturated/α-hetero) is 1. The zero-order valence-electron chi connectivity index (χ0n) is 14.0. The van der Waals surface area contributed by atoms with E-state index in [1.165, 1.54) is 0 Å². The topological polar surface area (TPSA) is 74.6 Å². The van der Waals surface area contributed by atoms with Crippen LogP contribution in [-0.2, 0) is 9.59 Å². The molecule has 0 bridgehead atoms. The Hall–Kier alpha value is -1.60. The predicted octanol–water partition coefficient (Wildman–Crippen LogP) is 3.34. The maximum absolute atomic E-state index is 12.0. The second kappa shape index (κ2) is 11.0. The number of carbonyl (C=O) groups excluding carboxylic acids is 1. The predicted molar refractivity (Wildman–Crippen MR) is 89.8 cm³/mol. The van der Waals surface area contributed by atoms with Crippen molar-refractivity contribution >= 4 is 11.8 Å². The summed E-state index contributed by atoms with van der Waals surface area (Å²) in [6, 6.07) is 0. The quantitative estimate of drug-likeness (QED) is 0.388. The van der Waals surface area contributed by atoms with Gasteiger partial charge < -0.3 is 10.2 Å². The molecule has 0 radical (unpaired) electrons. The van der Waals surface area contributed by atoms with Gasteiger partial charge in [0, 0.05) is 31.6 Å². The van der Waals surface area contributed by atoms with E-state index in [4.69, 9.17) is 5.11 Å². The normalized spacial score (nSPS) is 22.1. The van der Waals surface area contributed by atoms with Crippen LogP contribution in [0.1, 0.15) is 64.7 Å². The lowest BCUT2D eigenvalue weighted by Gasteiger charge is -2.12. The van der Waals surface area contributed by atoms with Gasteiger partial charge in [-0.1, -0.05) is 25.5 Å². The molecule has 1 aliphatic rings. The number of aliphatic hydroxyl groups is 1. The number of hydrogen-bond acceptors (Lipinski definition) is 3. The molecule has 23 heavy (non-hydrogen) atoms. The molecular weight excluding hydrogens is 292 g/mol. The van der Waals surface area contributed by atoms with Crippen molar-refractivity contribution in [1.29, 1.82) is 0 Å². The second-order valence-corrected chi connectivity index (χ2v) is 6.17. The minimum atomic E-state index is -0.769. The summed E-state index contributed by atoms with van der Waals surface area (Å²) in [5, 5.41) is 18.3. The summed E-state index contributed by atoms with van der Waals surface area (Å²) in [7, 11) is 0. The fourth-order valence-corrected chi connectivity index (χ4v) is 2.85. The van der Waals surface area contributed by atoms with E-state index in [1.54, 1.807) is 0 Å². The third-order valence-corrected chi connectivity index (χ3v) is 4.21. The molecule has 1 fully saturated rings. The molecule has 0 aliphatic heterocycles. The van der Waals surface area contributed by atoms with Gasteiger partial charge in [-0.05, 0) is 31.6 Å². The summed E-state index contributed by atoms with van der Waals surface area (Å²) >= 11 is 0. The Balaban J connectivity index is 2.38. The molecule has 0 spiro atoms. The number of allylic oxidation sites excluding steroid dienone is 1. The van der Waals surface area contributed by atoms with Gasteiger partial charge in [-0.2, -0.15) is 0 Å². The van der Waals surface area contributed by atoms with Crippen LogP contribution in [0.2, 0.25) is 0 Å². The molecule has 0 heterocycles. The lowest BCUT2D eigenvalue weighted by Crippen LogP contribution is -2.13. The van der Waals surface area contributed by atoms with E-state index < -0.39 is 12.1 Å². The third-order valence-electron chi connectivity index (χ3n) is 4.21. The first-order valence-electron chi connectivity index (χ1n) is 8.61. The summed E-state index contributed by atoms with van der Waals surface area (Å²) in [4.78, 5) is 22.4. The van der Waals surface area contributed by atoms with Crippen molar-refractivity contribution in [2.75, 3.05) is 0 Å². The van der Waals surface area contributed by atoms with Crippen molar-refractivity contribution in [3.63, 3.8) is 0 Å². The molecule has 0 aromatic rings. The zero-order chi connectivity index (χ0) is 17.1. The van der Waals surface area contributed by atoms with Crippen LogP contribution in [0.4, 0.5) is 0 Å². The maximum Gasteiger partial charge on any atom is 0.303 e. The Labute approximate surface area is 139 Å². The lowest BCUT2D eigenvalue weighted by atomic mass is 9.91. The molecule has 3 atom stereocenters. The third kappa shape index (κ3) is 7.99. The van der Waals surface area contributed by atoms with E-state index >= 15 is 0 Å². The Kier molecular flexibility index (Phi) is 9.31. The molecule has 0 amide bonds. The van der Waals surface area contributed by atoms with Gasteiger partial charge in [0.15, 0.2) is 0 Å². The van der Waals surface area contributed by atoms with Gasteiger partial charge in [-0.25, -0.2) is 0 Å². The van der Waals surface area contributed by atoms with E-state index in [0.29, 0.717) is 25.7 Å². The largest absolute Gasteiger partial charge is 0.481 e. The fraction of sp³-hybridized carbons (Fsp3) is 0.684. The van der Waals surface area contributed by atoms with Gasteiger partial charge >= 0.3 is 5.97 Å². The number of rotatable bonds is 9. The van der Waals surface area contributed by atoms with Crippen LogP contribution in [0, 0.1) is 23.7 Å². The second-order valence-electron chi connectivity index (χ2n) is 6.17. The van der Waals surface area contributed by atoms with Crippen LogP contribution in [0.25, 0.3) is 0 Å². The molecule has 1 rings (SSSR count). The molecule has 0 aromatic heterocycles. The molecule has 4 nitrogen and oxygen atoms in total. The highest BCUT2D eigenvalue weighted by atomic mass is 16.4. The number of carbonyl (C=O) groups is 2. The summed E-state index contributed by atoms with van der Waals surface area (Å²) < 4.78 is 0. The van der Waals surface area contributed by atoms with Crippen molar-refractivity contribution in [3.8, 4) is 11.8 Å². The van der Waals surface area contributed by atoms with Crippen molar-refractivity contribution < 1.29 is 19.8 Å². The Morgan fingerprint density at radius 1 is 1.39 bits per heavy atom. The zero-order valence-corrected chi connectivity index (χ0v) is 14.0. The van der Waals surface area contributed by atoms with Crippen LogP contribution in [0.15, 0.2) is 12.2 Å². The molecular formula is C19H28O4. The lowest BCUT2D eigenvalue weighted by molar-refractivity contribution is -0.137. The molecule has 128 valence electrons. The van der Waals surface area contributed by atoms with Crippen molar-refractivity contribution in [2.45, 2.75) is 70.8 Å². The monoisotopic (exact) mass is 320 g/mol. The molecule has 4 heteroatoms. The van der Waals surface area contributed by atoms with Gasteiger partial charge in [0.1, 0.15) is 5.78 Å². The van der Waals surface area contributed by atoms with Crippen molar-refractivity contribution in [2.24, 2.45) is 11.8 Å².